The summed E-state index contributed by atoms with van der Waals surface area (Å²) in [6.45, 7) is -1.60. The Labute approximate surface area is 97.6 Å². The van der Waals surface area contributed by atoms with E-state index in [4.69, 9.17) is 0 Å². The molecule has 0 aliphatic carbocycles. The van der Waals surface area contributed by atoms with Gasteiger partial charge in [-0.25, -0.2) is 0 Å². The van der Waals surface area contributed by atoms with Crippen molar-refractivity contribution in [1.29, 1.82) is 0 Å². The first-order chi connectivity index (χ1) is 8.09. The lowest BCUT2D eigenvalue weighted by Crippen LogP contribution is -2.33. The van der Waals surface area contributed by atoms with Gasteiger partial charge in [0.2, 0.25) is 0 Å². The molecule has 1 aromatic carbocycles. The van der Waals surface area contributed by atoms with E-state index in [1.54, 1.807) is 0 Å². The Balaban J connectivity index is 2.81. The van der Waals surface area contributed by atoms with Crippen molar-refractivity contribution in [3.05, 3.63) is 35.4 Å². The maximum atomic E-state index is 12.3. The average molecular weight is 271 g/mol. The molecule has 0 saturated heterocycles. The summed E-state index contributed by atoms with van der Waals surface area (Å²) in [5.74, 6) is -1.21. The molecule has 0 spiro atoms. The zero-order chi connectivity index (χ0) is 14.0. The molecule has 8 heteroatoms. The van der Waals surface area contributed by atoms with Gasteiger partial charge in [-0.2, -0.15) is 26.3 Å². The highest BCUT2D eigenvalue weighted by Gasteiger charge is 2.31. The largest absolute Gasteiger partial charge is 0.416 e. The molecule has 1 aromatic rings. The van der Waals surface area contributed by atoms with Crippen LogP contribution in [-0.2, 0) is 6.18 Å². The second-order valence-corrected chi connectivity index (χ2v) is 3.38. The predicted molar refractivity (Wildman–Crippen MR) is 49.8 cm³/mol. The first kappa shape index (κ1) is 14.3. The Morgan fingerprint density at radius 3 is 2.22 bits per heavy atom. The van der Waals surface area contributed by atoms with E-state index in [1.807, 2.05) is 0 Å². The minimum absolute atomic E-state index is 0.478. The number of hydrogen-bond donors (Lipinski definition) is 1. The second kappa shape index (κ2) is 4.87. The molecule has 0 radical (unpaired) electrons. The second-order valence-electron chi connectivity index (χ2n) is 3.38. The number of carbonyl (C=O) groups is 1. The van der Waals surface area contributed by atoms with E-state index < -0.39 is 35.9 Å². The van der Waals surface area contributed by atoms with Crippen LogP contribution in [0.15, 0.2) is 24.3 Å². The summed E-state index contributed by atoms with van der Waals surface area (Å²) < 4.78 is 72.3. The summed E-state index contributed by atoms with van der Waals surface area (Å²) in [7, 11) is 0. The summed E-state index contributed by atoms with van der Waals surface area (Å²) in [5.41, 5.74) is -1.57. The third-order valence-electron chi connectivity index (χ3n) is 1.90. The van der Waals surface area contributed by atoms with Crippen molar-refractivity contribution in [1.82, 2.24) is 5.32 Å². The molecule has 1 amide bonds. The van der Waals surface area contributed by atoms with Gasteiger partial charge in [0.05, 0.1) is 5.56 Å². The molecule has 0 aromatic heterocycles. The van der Waals surface area contributed by atoms with E-state index in [9.17, 15) is 31.1 Å². The van der Waals surface area contributed by atoms with Crippen LogP contribution in [-0.4, -0.2) is 18.6 Å². The molecule has 0 fully saturated rings. The molecule has 0 heterocycles. The van der Waals surface area contributed by atoms with Crippen molar-refractivity contribution >= 4 is 5.91 Å². The van der Waals surface area contributed by atoms with Crippen molar-refractivity contribution in [2.24, 2.45) is 0 Å². The first-order valence-electron chi connectivity index (χ1n) is 4.62. The summed E-state index contributed by atoms with van der Waals surface area (Å²) in [5, 5.41) is 1.49. The Hall–Kier alpha value is -1.73. The van der Waals surface area contributed by atoms with Gasteiger partial charge in [0, 0.05) is 5.56 Å². The quantitative estimate of drug-likeness (QED) is 0.823. The van der Waals surface area contributed by atoms with Crippen LogP contribution < -0.4 is 5.32 Å². The number of amides is 1. The molecule has 1 rings (SSSR count). The fourth-order valence-corrected chi connectivity index (χ4v) is 1.12. The number of carbonyl (C=O) groups excluding carboxylic acids is 1. The zero-order valence-electron chi connectivity index (χ0n) is 8.69. The molecular weight excluding hydrogens is 264 g/mol. The third-order valence-corrected chi connectivity index (χ3v) is 1.90. The van der Waals surface area contributed by atoms with E-state index >= 15 is 0 Å². The SMILES string of the molecule is O=C(NCC(F)(F)F)c1cccc(C(F)(F)F)c1. The number of benzene rings is 1. The molecule has 1 N–H and O–H groups in total. The van der Waals surface area contributed by atoms with Gasteiger partial charge in [-0.1, -0.05) is 6.07 Å². The van der Waals surface area contributed by atoms with Crippen LogP contribution in [0.2, 0.25) is 0 Å². The van der Waals surface area contributed by atoms with Crippen LogP contribution in [0, 0.1) is 0 Å². The highest BCUT2D eigenvalue weighted by atomic mass is 19.4. The van der Waals surface area contributed by atoms with Crippen molar-refractivity contribution < 1.29 is 31.1 Å². The minimum Gasteiger partial charge on any atom is -0.343 e. The monoisotopic (exact) mass is 271 g/mol. The van der Waals surface area contributed by atoms with E-state index in [0.29, 0.717) is 6.07 Å². The van der Waals surface area contributed by atoms with Gasteiger partial charge in [-0.3, -0.25) is 4.79 Å². The number of hydrogen-bond acceptors (Lipinski definition) is 1. The maximum Gasteiger partial charge on any atom is 0.416 e. The van der Waals surface area contributed by atoms with Gasteiger partial charge < -0.3 is 5.32 Å². The van der Waals surface area contributed by atoms with Crippen LogP contribution in [0.4, 0.5) is 26.3 Å². The number of halogens is 6. The molecular formula is C10H7F6NO. The molecule has 0 unspecified atom stereocenters. The lowest BCUT2D eigenvalue weighted by molar-refractivity contribution is -0.137. The lowest BCUT2D eigenvalue weighted by atomic mass is 10.1. The Morgan fingerprint density at radius 1 is 1.11 bits per heavy atom. The van der Waals surface area contributed by atoms with Gasteiger partial charge in [0.1, 0.15) is 6.54 Å². The van der Waals surface area contributed by atoms with Crippen molar-refractivity contribution in [2.75, 3.05) is 6.54 Å². The summed E-state index contributed by atoms with van der Waals surface area (Å²) >= 11 is 0. The molecule has 0 saturated carbocycles. The van der Waals surface area contributed by atoms with E-state index in [-0.39, 0.29) is 0 Å². The minimum atomic E-state index is -4.65. The van der Waals surface area contributed by atoms with Gasteiger partial charge in [-0.15, -0.1) is 0 Å². The van der Waals surface area contributed by atoms with Gasteiger partial charge in [-0.05, 0) is 18.2 Å². The summed E-state index contributed by atoms with van der Waals surface area (Å²) in [6.07, 6.45) is -9.27. The molecule has 100 valence electrons. The van der Waals surface area contributed by atoms with E-state index in [2.05, 4.69) is 0 Å². The highest BCUT2D eigenvalue weighted by Crippen LogP contribution is 2.29. The van der Waals surface area contributed by atoms with Crippen LogP contribution in [0.1, 0.15) is 15.9 Å². The topological polar surface area (TPSA) is 29.1 Å². The molecule has 0 bridgehead atoms. The van der Waals surface area contributed by atoms with Crippen LogP contribution in [0.5, 0.6) is 0 Å². The van der Waals surface area contributed by atoms with Gasteiger partial charge in [0.15, 0.2) is 0 Å². The normalized spacial score (nSPS) is 12.3. The van der Waals surface area contributed by atoms with E-state index in [1.165, 1.54) is 5.32 Å². The Morgan fingerprint density at radius 2 is 1.72 bits per heavy atom. The van der Waals surface area contributed by atoms with Crippen LogP contribution >= 0.6 is 0 Å². The molecule has 2 nitrogen and oxygen atoms in total. The van der Waals surface area contributed by atoms with Crippen LogP contribution in [0.25, 0.3) is 0 Å². The van der Waals surface area contributed by atoms with Crippen molar-refractivity contribution in [3.8, 4) is 0 Å². The first-order valence-corrected chi connectivity index (χ1v) is 4.62. The molecule has 0 aliphatic rings. The highest BCUT2D eigenvalue weighted by molar-refractivity contribution is 5.94. The smallest absolute Gasteiger partial charge is 0.343 e. The Kier molecular flexibility index (Phi) is 3.88. The fraction of sp³-hybridized carbons (Fsp3) is 0.300. The van der Waals surface area contributed by atoms with E-state index in [0.717, 1.165) is 18.2 Å². The summed E-state index contributed by atoms with van der Waals surface area (Å²) in [6, 6.07) is 3.17. The fourth-order valence-electron chi connectivity index (χ4n) is 1.12. The number of rotatable bonds is 2. The third kappa shape index (κ3) is 4.27. The van der Waals surface area contributed by atoms with Crippen molar-refractivity contribution in [2.45, 2.75) is 12.4 Å². The predicted octanol–water partition coefficient (Wildman–Crippen LogP) is 3.00. The summed E-state index contributed by atoms with van der Waals surface area (Å²) in [4.78, 5) is 11.2. The molecule has 0 atom stereocenters. The standard InChI is InChI=1S/C10H7F6NO/c11-9(12,13)5-17-8(18)6-2-1-3-7(4-6)10(14,15)16/h1-4H,5H2,(H,17,18). The zero-order valence-corrected chi connectivity index (χ0v) is 8.69. The lowest BCUT2D eigenvalue weighted by Gasteiger charge is -2.10. The van der Waals surface area contributed by atoms with Gasteiger partial charge >= 0.3 is 12.4 Å². The molecule has 0 aliphatic heterocycles. The average Bonchev–Trinajstić information content (AvgIpc) is 2.24. The van der Waals surface area contributed by atoms with Crippen molar-refractivity contribution in [3.63, 3.8) is 0 Å². The van der Waals surface area contributed by atoms with Crippen LogP contribution in [0.3, 0.4) is 0 Å². The Bertz CT molecular complexity index is 437. The maximum absolute atomic E-state index is 12.3. The van der Waals surface area contributed by atoms with Gasteiger partial charge in [0.25, 0.3) is 5.91 Å². The molecule has 18 heavy (non-hydrogen) atoms. The number of nitrogens with one attached hydrogen (secondary N) is 1. The number of alkyl halides is 6.